The highest BCUT2D eigenvalue weighted by atomic mass is 32.2. The first-order chi connectivity index (χ1) is 8.22. The normalized spacial score (nSPS) is 24.4. The Hall–Kier alpha value is -1.16. The smallest absolute Gasteiger partial charge is 0.104 e. The lowest BCUT2D eigenvalue weighted by atomic mass is 10.1. The first kappa shape index (κ1) is 11.0. The Kier molecular flexibility index (Phi) is 2.74. The van der Waals surface area contributed by atoms with Crippen LogP contribution in [0.4, 0.5) is 5.69 Å². The lowest BCUT2D eigenvalue weighted by Gasteiger charge is -2.17. The predicted octanol–water partition coefficient (Wildman–Crippen LogP) is 3.18. The molecule has 2 aromatic rings. The molecule has 2 atom stereocenters. The van der Waals surface area contributed by atoms with Crippen LogP contribution in [0.3, 0.4) is 0 Å². The molecule has 0 saturated carbocycles. The average Bonchev–Trinajstić information content (AvgIpc) is 2.84. The van der Waals surface area contributed by atoms with E-state index in [1.54, 1.807) is 0 Å². The topological polar surface area (TPSA) is 40.7 Å². The summed E-state index contributed by atoms with van der Waals surface area (Å²) in [6.07, 6.45) is 1.26. The summed E-state index contributed by atoms with van der Waals surface area (Å²) in [6, 6.07) is 6.96. The molecule has 3 rings (SSSR count). The van der Waals surface area contributed by atoms with Crippen molar-refractivity contribution in [3.05, 3.63) is 24.0 Å². The maximum Gasteiger partial charge on any atom is 0.104 e. The van der Waals surface area contributed by atoms with Gasteiger partial charge in [-0.25, -0.2) is 4.98 Å². The molecule has 1 aliphatic heterocycles. The van der Waals surface area contributed by atoms with Crippen LogP contribution in [0.25, 0.3) is 11.0 Å². The number of aromatic amines is 1. The van der Waals surface area contributed by atoms with Crippen LogP contribution < -0.4 is 5.32 Å². The minimum atomic E-state index is 0.599. The molecule has 0 spiro atoms. The molecular weight excluding hydrogens is 230 g/mol. The number of H-pyrrole nitrogens is 1. The van der Waals surface area contributed by atoms with Crippen LogP contribution >= 0.6 is 11.8 Å². The molecule has 0 radical (unpaired) electrons. The van der Waals surface area contributed by atoms with Crippen LogP contribution in [0, 0.1) is 6.92 Å². The zero-order valence-corrected chi connectivity index (χ0v) is 11.0. The zero-order valence-electron chi connectivity index (χ0n) is 10.2. The Balaban J connectivity index is 1.85. The summed E-state index contributed by atoms with van der Waals surface area (Å²) in [5, 5.41) is 4.33. The standard InChI is InChI=1S/C13H17N3S/c1-8-11(5-6-17-8)16-10-3-4-12-13(7-10)15-9(2)14-12/h3-4,7-8,11,16H,5-6H2,1-2H3,(H,14,15). The van der Waals surface area contributed by atoms with Crippen molar-refractivity contribution < 1.29 is 0 Å². The van der Waals surface area contributed by atoms with E-state index < -0.39 is 0 Å². The molecule has 0 amide bonds. The van der Waals surface area contributed by atoms with E-state index in [4.69, 9.17) is 0 Å². The largest absolute Gasteiger partial charge is 0.381 e. The van der Waals surface area contributed by atoms with Gasteiger partial charge in [0.15, 0.2) is 0 Å². The predicted molar refractivity (Wildman–Crippen MR) is 74.8 cm³/mol. The van der Waals surface area contributed by atoms with Gasteiger partial charge < -0.3 is 10.3 Å². The van der Waals surface area contributed by atoms with Crippen molar-refractivity contribution in [2.45, 2.75) is 31.6 Å². The molecule has 1 aromatic heterocycles. The highest BCUT2D eigenvalue weighted by molar-refractivity contribution is 8.00. The number of rotatable bonds is 2. The minimum Gasteiger partial charge on any atom is -0.381 e. The van der Waals surface area contributed by atoms with E-state index in [1.165, 1.54) is 17.9 Å². The minimum absolute atomic E-state index is 0.599. The number of hydrogen-bond acceptors (Lipinski definition) is 3. The molecule has 0 aliphatic carbocycles. The third-order valence-electron chi connectivity index (χ3n) is 3.33. The SMILES string of the molecule is Cc1nc2ccc(NC3CCSC3C)cc2[nH]1. The lowest BCUT2D eigenvalue weighted by Crippen LogP contribution is -2.24. The van der Waals surface area contributed by atoms with Crippen LogP contribution in [0.15, 0.2) is 18.2 Å². The van der Waals surface area contributed by atoms with Crippen molar-refractivity contribution in [2.75, 3.05) is 11.1 Å². The first-order valence-corrected chi connectivity index (χ1v) is 7.12. The second kappa shape index (κ2) is 4.26. The number of nitrogens with one attached hydrogen (secondary N) is 2. The number of imidazole rings is 1. The van der Waals surface area contributed by atoms with E-state index in [2.05, 4.69) is 40.4 Å². The second-order valence-corrected chi connectivity index (χ2v) is 6.15. The van der Waals surface area contributed by atoms with E-state index in [1.807, 2.05) is 18.7 Å². The summed E-state index contributed by atoms with van der Waals surface area (Å²) >= 11 is 2.05. The van der Waals surface area contributed by atoms with Crippen LogP contribution in [0.1, 0.15) is 19.2 Å². The van der Waals surface area contributed by atoms with Crippen molar-refractivity contribution in [2.24, 2.45) is 0 Å². The van der Waals surface area contributed by atoms with Crippen LogP contribution in [-0.4, -0.2) is 27.0 Å². The van der Waals surface area contributed by atoms with Gasteiger partial charge in [-0.05, 0) is 37.3 Å². The van der Waals surface area contributed by atoms with Crippen molar-refractivity contribution in [1.82, 2.24) is 9.97 Å². The van der Waals surface area contributed by atoms with Gasteiger partial charge in [0, 0.05) is 17.0 Å². The summed E-state index contributed by atoms with van der Waals surface area (Å²) in [7, 11) is 0. The molecule has 1 aromatic carbocycles. The fraction of sp³-hybridized carbons (Fsp3) is 0.462. The molecule has 3 nitrogen and oxygen atoms in total. The first-order valence-electron chi connectivity index (χ1n) is 6.07. The van der Waals surface area contributed by atoms with Gasteiger partial charge in [-0.15, -0.1) is 0 Å². The van der Waals surface area contributed by atoms with E-state index in [0.717, 1.165) is 16.9 Å². The summed E-state index contributed by atoms with van der Waals surface area (Å²) < 4.78 is 0. The van der Waals surface area contributed by atoms with Crippen LogP contribution in [0.5, 0.6) is 0 Å². The van der Waals surface area contributed by atoms with E-state index in [-0.39, 0.29) is 0 Å². The number of thioether (sulfide) groups is 1. The molecule has 90 valence electrons. The maximum absolute atomic E-state index is 4.41. The van der Waals surface area contributed by atoms with Gasteiger partial charge in [-0.2, -0.15) is 11.8 Å². The Morgan fingerprint density at radius 1 is 1.47 bits per heavy atom. The summed E-state index contributed by atoms with van der Waals surface area (Å²) in [5.74, 6) is 2.24. The van der Waals surface area contributed by atoms with Gasteiger partial charge in [0.25, 0.3) is 0 Å². The van der Waals surface area contributed by atoms with Crippen molar-refractivity contribution >= 4 is 28.5 Å². The molecule has 1 saturated heterocycles. The quantitative estimate of drug-likeness (QED) is 0.856. The molecule has 1 fully saturated rings. The van der Waals surface area contributed by atoms with Crippen LogP contribution in [0.2, 0.25) is 0 Å². The Morgan fingerprint density at radius 2 is 2.35 bits per heavy atom. The second-order valence-electron chi connectivity index (χ2n) is 4.67. The van der Waals surface area contributed by atoms with Gasteiger partial charge in [-0.3, -0.25) is 0 Å². The highest BCUT2D eigenvalue weighted by Gasteiger charge is 2.23. The van der Waals surface area contributed by atoms with Crippen molar-refractivity contribution in [1.29, 1.82) is 0 Å². The monoisotopic (exact) mass is 247 g/mol. The number of anilines is 1. The molecule has 4 heteroatoms. The number of hydrogen-bond donors (Lipinski definition) is 2. The van der Waals surface area contributed by atoms with E-state index in [9.17, 15) is 0 Å². The average molecular weight is 247 g/mol. The summed E-state index contributed by atoms with van der Waals surface area (Å²) in [4.78, 5) is 7.69. The fourth-order valence-corrected chi connectivity index (χ4v) is 3.56. The third kappa shape index (κ3) is 2.14. The van der Waals surface area contributed by atoms with Gasteiger partial charge in [0.05, 0.1) is 11.0 Å². The van der Waals surface area contributed by atoms with Crippen molar-refractivity contribution in [3.63, 3.8) is 0 Å². The van der Waals surface area contributed by atoms with Crippen molar-refractivity contribution in [3.8, 4) is 0 Å². The number of nitrogens with zero attached hydrogens (tertiary/aromatic N) is 1. The van der Waals surface area contributed by atoms with E-state index >= 15 is 0 Å². The Bertz CT molecular complexity index is 534. The molecule has 1 aliphatic rings. The van der Waals surface area contributed by atoms with E-state index in [0.29, 0.717) is 11.3 Å². The molecule has 2 heterocycles. The lowest BCUT2D eigenvalue weighted by molar-refractivity contribution is 0.724. The van der Waals surface area contributed by atoms with Crippen LogP contribution in [-0.2, 0) is 0 Å². The number of aryl methyl sites for hydroxylation is 1. The summed E-state index contributed by atoms with van der Waals surface area (Å²) in [6.45, 7) is 4.29. The molecular formula is C13H17N3S. The molecule has 2 unspecified atom stereocenters. The Labute approximate surface area is 105 Å². The molecule has 0 bridgehead atoms. The number of aromatic nitrogens is 2. The third-order valence-corrected chi connectivity index (χ3v) is 4.65. The zero-order chi connectivity index (χ0) is 11.8. The highest BCUT2D eigenvalue weighted by Crippen LogP contribution is 2.29. The molecule has 2 N–H and O–H groups in total. The van der Waals surface area contributed by atoms with Gasteiger partial charge in [-0.1, -0.05) is 6.92 Å². The number of fused-ring (bicyclic) bond motifs is 1. The van der Waals surface area contributed by atoms with Gasteiger partial charge in [0.2, 0.25) is 0 Å². The summed E-state index contributed by atoms with van der Waals surface area (Å²) in [5.41, 5.74) is 3.35. The molecule has 17 heavy (non-hydrogen) atoms. The number of benzene rings is 1. The maximum atomic E-state index is 4.41. The van der Waals surface area contributed by atoms with Gasteiger partial charge in [0.1, 0.15) is 5.82 Å². The van der Waals surface area contributed by atoms with Gasteiger partial charge >= 0.3 is 0 Å². The fourth-order valence-electron chi connectivity index (χ4n) is 2.36. The Morgan fingerprint density at radius 3 is 3.12 bits per heavy atom.